The third-order valence-electron chi connectivity index (χ3n) is 14.0. The van der Waals surface area contributed by atoms with Crippen LogP contribution in [-0.2, 0) is 66.6 Å². The molecule has 1 aliphatic heterocycles. The molecule has 1 heterocycles. The summed E-state index contributed by atoms with van der Waals surface area (Å²) in [5, 5.41) is 49.5. The highest BCUT2D eigenvalue weighted by Gasteiger charge is 2.78. The van der Waals surface area contributed by atoms with E-state index in [0.29, 0.717) is 0 Å². The van der Waals surface area contributed by atoms with Crippen molar-refractivity contribution in [3.8, 4) is 0 Å². The van der Waals surface area contributed by atoms with E-state index in [0.717, 1.165) is 6.92 Å². The number of aliphatic hydroxyl groups is 3. The van der Waals surface area contributed by atoms with Crippen molar-refractivity contribution in [3.63, 3.8) is 0 Å². The number of nitrogens with one attached hydrogen (secondary N) is 1. The summed E-state index contributed by atoms with van der Waals surface area (Å²) >= 11 is 0. The summed E-state index contributed by atoms with van der Waals surface area (Å²) in [7, 11) is 0. The smallest absolute Gasteiger partial charge is 0.408 e. The number of hydrogen-bond donors (Lipinski definition) is 5. The number of aliphatic carboxylic acids is 1. The van der Waals surface area contributed by atoms with E-state index in [4.69, 9.17) is 47.7 Å². The Bertz CT molecular complexity index is 2370. The van der Waals surface area contributed by atoms with Gasteiger partial charge in [-0.25, -0.2) is 24.0 Å². The van der Waals surface area contributed by atoms with Gasteiger partial charge in [0.25, 0.3) is 0 Å². The van der Waals surface area contributed by atoms with E-state index in [2.05, 4.69) is 5.32 Å². The molecule has 1 amide bonds. The van der Waals surface area contributed by atoms with Crippen molar-refractivity contribution in [1.29, 1.82) is 0 Å². The molecule has 0 aromatic heterocycles. The first kappa shape index (κ1) is 55.5. The first-order chi connectivity index (χ1) is 33.8. The fourth-order valence-electron chi connectivity index (χ4n) is 10.5. The quantitative estimate of drug-likeness (QED) is 0.0585. The minimum Gasteiger partial charge on any atom is -0.480 e. The van der Waals surface area contributed by atoms with Crippen LogP contribution in [0.2, 0.25) is 0 Å². The summed E-state index contributed by atoms with van der Waals surface area (Å²) in [6.45, 7) is 10.0. The van der Waals surface area contributed by atoms with Crippen molar-refractivity contribution >= 4 is 41.7 Å². The Morgan fingerprint density at radius 3 is 2.03 bits per heavy atom. The van der Waals surface area contributed by atoms with Crippen LogP contribution in [0.5, 0.6) is 0 Å². The summed E-state index contributed by atoms with van der Waals surface area (Å²) in [5.74, 6) is -7.89. The molecule has 2 aromatic carbocycles. The van der Waals surface area contributed by atoms with Gasteiger partial charge in [-0.05, 0) is 63.5 Å². The number of benzene rings is 2. The fourth-order valence-corrected chi connectivity index (χ4v) is 10.5. The van der Waals surface area contributed by atoms with Crippen LogP contribution in [0.1, 0.15) is 90.2 Å². The number of carboxylic acid groups (broad SMARTS) is 1. The summed E-state index contributed by atoms with van der Waals surface area (Å²) in [6, 6.07) is 14.2. The van der Waals surface area contributed by atoms with Gasteiger partial charge in [0.05, 0.1) is 56.0 Å². The maximum Gasteiger partial charge on any atom is 0.408 e. The van der Waals surface area contributed by atoms with Crippen molar-refractivity contribution in [2.45, 2.75) is 128 Å². The third-order valence-corrected chi connectivity index (χ3v) is 14.0. The standard InChI is InChI=1S/C51H65NO20/c1-28-32(68-45(61)40(69-36(57)26-66-22-20-64-19-21-65-25-35(55)56)38(30-15-11-9-12-16-30)52-46(62)72-47(3,4)5)24-51(63)43(70-44(60)31-17-13-10-14-18-31)41-49(8,42(59)39(58)37(28)48(51,6)7)33(54)23-34-50(41,27-67-34)71-29(2)53/h9-18,32-34,38-41,43,54,58,63H,19-27H2,1-8H3,(H,52,62)(H,55,56)/t32-,33-,34+,38-,39+,40+,41-,43-,49+,50-,51+/m1/s1. The van der Waals surface area contributed by atoms with Gasteiger partial charge in [0.2, 0.25) is 6.10 Å². The van der Waals surface area contributed by atoms with Gasteiger partial charge in [-0.15, -0.1) is 0 Å². The molecule has 1 saturated heterocycles. The van der Waals surface area contributed by atoms with Crippen molar-refractivity contribution < 1.29 is 96.6 Å². The maximum absolute atomic E-state index is 15.2. The Morgan fingerprint density at radius 2 is 1.46 bits per heavy atom. The molecule has 2 bridgehead atoms. The molecule has 2 saturated carbocycles. The average molecular weight is 1010 g/mol. The summed E-state index contributed by atoms with van der Waals surface area (Å²) in [4.78, 5) is 95.4. The van der Waals surface area contributed by atoms with E-state index in [1.807, 2.05) is 0 Å². The molecular weight excluding hydrogens is 947 g/mol. The van der Waals surface area contributed by atoms with Crippen LogP contribution >= 0.6 is 0 Å². The summed E-state index contributed by atoms with van der Waals surface area (Å²) < 4.78 is 51.6. The number of ketones is 1. The SMILES string of the molecule is CC(=O)O[C@]12CO[C@H]1C[C@@H](O)[C@]1(C)C(=O)[C@@H](O)C3=C(C)[C@H](OC(=O)[C@@H](OC(=O)COCCOCCOCC(=O)O)[C@H](NC(=O)OC(C)(C)C)c4ccccc4)C[C@](O)([C@H](OC(=O)c4ccccc4)[C@@H]21)C3(C)C. The number of carbonyl (C=O) groups is 7. The van der Waals surface area contributed by atoms with Gasteiger partial charge in [0.1, 0.15) is 54.9 Å². The topological polar surface area (TPSA) is 296 Å². The van der Waals surface area contributed by atoms with E-state index in [9.17, 15) is 39.3 Å². The van der Waals surface area contributed by atoms with Crippen LogP contribution in [-0.4, -0.2) is 162 Å². The van der Waals surface area contributed by atoms with Gasteiger partial charge >= 0.3 is 35.9 Å². The van der Waals surface area contributed by atoms with Crippen LogP contribution in [0.4, 0.5) is 4.79 Å². The van der Waals surface area contributed by atoms with E-state index < -0.39 is 138 Å². The molecule has 0 spiro atoms. The first-order valence-electron chi connectivity index (χ1n) is 23.6. The lowest BCUT2D eigenvalue weighted by Crippen LogP contribution is -2.81. The van der Waals surface area contributed by atoms with Gasteiger partial charge in [-0.1, -0.05) is 62.4 Å². The number of amides is 1. The van der Waals surface area contributed by atoms with Crippen LogP contribution in [0.3, 0.4) is 0 Å². The molecule has 21 heteroatoms. The third kappa shape index (κ3) is 11.4. The zero-order valence-corrected chi connectivity index (χ0v) is 41.6. The molecule has 6 rings (SSSR count). The second-order valence-corrected chi connectivity index (χ2v) is 20.2. The minimum atomic E-state index is -2.47. The van der Waals surface area contributed by atoms with E-state index >= 15 is 9.59 Å². The Balaban J connectivity index is 1.42. The number of carboxylic acids is 1. The number of ether oxygens (including phenoxy) is 9. The van der Waals surface area contributed by atoms with Gasteiger partial charge in [-0.3, -0.25) is 9.59 Å². The number of rotatable bonds is 19. The molecule has 2 aromatic rings. The van der Waals surface area contributed by atoms with Crippen molar-refractivity contribution in [1.82, 2.24) is 5.32 Å². The largest absolute Gasteiger partial charge is 0.480 e. The second-order valence-electron chi connectivity index (χ2n) is 20.2. The predicted molar refractivity (Wildman–Crippen MR) is 248 cm³/mol. The molecule has 11 atom stereocenters. The number of carbonyl (C=O) groups excluding carboxylic acids is 6. The molecule has 3 aliphatic carbocycles. The monoisotopic (exact) mass is 1010 g/mol. The van der Waals surface area contributed by atoms with Gasteiger partial charge < -0.3 is 68.4 Å². The summed E-state index contributed by atoms with van der Waals surface area (Å²) in [6.07, 6.45) is -12.1. The molecule has 0 radical (unpaired) electrons. The van der Waals surface area contributed by atoms with Crippen LogP contribution in [0.25, 0.3) is 0 Å². The molecule has 21 nitrogen and oxygen atoms in total. The highest BCUT2D eigenvalue weighted by Crippen LogP contribution is 2.64. The molecule has 5 N–H and O–H groups in total. The maximum atomic E-state index is 15.2. The Labute approximate surface area is 416 Å². The van der Waals surface area contributed by atoms with Crippen molar-refractivity contribution in [2.75, 3.05) is 46.2 Å². The lowest BCUT2D eigenvalue weighted by Gasteiger charge is -2.67. The van der Waals surface area contributed by atoms with Gasteiger partial charge in [-0.2, -0.15) is 0 Å². The molecule has 4 aliphatic rings. The Hall–Kier alpha value is -5.81. The van der Waals surface area contributed by atoms with Crippen molar-refractivity contribution in [2.24, 2.45) is 16.7 Å². The van der Waals surface area contributed by atoms with Crippen molar-refractivity contribution in [3.05, 3.63) is 82.9 Å². The minimum absolute atomic E-state index is 0.0158. The highest BCUT2D eigenvalue weighted by molar-refractivity contribution is 5.94. The lowest BCUT2D eigenvalue weighted by atomic mass is 9.44. The fraction of sp³-hybridized carbons (Fsp3) is 0.588. The Kier molecular flexibility index (Phi) is 17.1. The van der Waals surface area contributed by atoms with Gasteiger partial charge in [0.15, 0.2) is 11.4 Å². The van der Waals surface area contributed by atoms with E-state index in [-0.39, 0.29) is 61.7 Å². The molecule has 3 fully saturated rings. The Morgan fingerprint density at radius 1 is 0.861 bits per heavy atom. The van der Waals surface area contributed by atoms with E-state index in [1.54, 1.807) is 69.3 Å². The first-order valence-corrected chi connectivity index (χ1v) is 23.6. The molecular formula is C51H65NO20. The number of aliphatic hydroxyl groups excluding tert-OH is 2. The number of Topliss-reactive ketones (excluding diaryl/α,β-unsaturated/α-hetero) is 1. The zero-order chi connectivity index (χ0) is 53.0. The number of alkyl carbamates (subject to hydrolysis) is 1. The molecule has 394 valence electrons. The summed E-state index contributed by atoms with van der Waals surface area (Å²) in [5.41, 5.74) is -8.89. The normalized spacial score (nSPS) is 29.3. The number of hydrogen-bond acceptors (Lipinski definition) is 19. The second kappa shape index (κ2) is 22.1. The molecule has 72 heavy (non-hydrogen) atoms. The number of fused-ring (bicyclic) bond motifs is 5. The van der Waals surface area contributed by atoms with Crippen LogP contribution < -0.4 is 5.32 Å². The number of esters is 4. The average Bonchev–Trinajstić information content (AvgIpc) is 3.30. The lowest BCUT2D eigenvalue weighted by molar-refractivity contribution is -0.346. The highest BCUT2D eigenvalue weighted by atomic mass is 16.6. The van der Waals surface area contributed by atoms with Gasteiger partial charge in [0, 0.05) is 25.2 Å². The zero-order valence-electron chi connectivity index (χ0n) is 41.6. The van der Waals surface area contributed by atoms with Crippen LogP contribution in [0.15, 0.2) is 71.8 Å². The van der Waals surface area contributed by atoms with E-state index in [1.165, 1.54) is 39.8 Å². The predicted octanol–water partition coefficient (Wildman–Crippen LogP) is 2.94. The molecule has 0 unspecified atom stereocenters. The van der Waals surface area contributed by atoms with Crippen LogP contribution in [0, 0.1) is 16.7 Å².